The number of hydrogen-bond acceptors (Lipinski definition) is 3. The van der Waals surface area contributed by atoms with Gasteiger partial charge in [-0.05, 0) is 72.2 Å². The van der Waals surface area contributed by atoms with Crippen LogP contribution >= 0.6 is 0 Å². The average Bonchev–Trinajstić information content (AvgIpc) is 3.70. The lowest BCUT2D eigenvalue weighted by molar-refractivity contribution is 0.832. The molecule has 5 nitrogen and oxygen atoms in total. The van der Waals surface area contributed by atoms with Gasteiger partial charge < -0.3 is 9.13 Å². The van der Waals surface area contributed by atoms with Crippen LogP contribution in [0, 0.1) is 34.0 Å². The van der Waals surface area contributed by atoms with Gasteiger partial charge in [-0.1, -0.05) is 91.0 Å². The molecular formula is C45H27N5. The van der Waals surface area contributed by atoms with Crippen LogP contribution in [-0.2, 0) is 0 Å². The Hall–Kier alpha value is -7.13. The van der Waals surface area contributed by atoms with E-state index >= 15 is 0 Å². The molecule has 6 aromatic carbocycles. The topological polar surface area (TPSA) is 81.2 Å². The Morgan fingerprint density at radius 2 is 1.08 bits per heavy atom. The quantitative estimate of drug-likeness (QED) is 0.193. The van der Waals surface area contributed by atoms with E-state index in [1.54, 1.807) is 0 Å². The van der Waals surface area contributed by atoms with Crippen molar-refractivity contribution in [2.75, 3.05) is 0 Å². The molecule has 1 unspecified atom stereocenters. The Balaban J connectivity index is 1.13. The van der Waals surface area contributed by atoms with Crippen molar-refractivity contribution in [3.05, 3.63) is 168 Å². The first-order valence-corrected chi connectivity index (χ1v) is 16.5. The summed E-state index contributed by atoms with van der Waals surface area (Å²) in [6, 6.07) is 52.4. The van der Waals surface area contributed by atoms with E-state index in [9.17, 15) is 15.8 Å². The van der Waals surface area contributed by atoms with Gasteiger partial charge in [-0.15, -0.1) is 0 Å². The molecule has 1 aliphatic rings. The van der Waals surface area contributed by atoms with E-state index in [0.29, 0.717) is 23.1 Å². The Morgan fingerprint density at radius 3 is 1.72 bits per heavy atom. The van der Waals surface area contributed by atoms with Crippen molar-refractivity contribution >= 4 is 49.3 Å². The molecule has 50 heavy (non-hydrogen) atoms. The molecule has 9 rings (SSSR count). The lowest BCUT2D eigenvalue weighted by Gasteiger charge is -2.23. The fraction of sp³-hybridized carbons (Fsp3) is 0.0444. The van der Waals surface area contributed by atoms with Gasteiger partial charge in [0.2, 0.25) is 0 Å². The summed E-state index contributed by atoms with van der Waals surface area (Å²) in [7, 11) is 0. The standard InChI is InChI=1S/C45H27N5/c46-26-29-14-22-43-39(23-29)38-9-3-6-12-42(38)49(43)44-25-33(19-20-34(44)28-48)31-15-17-32(18-16-31)35-21-13-30(27-47)24-45(35)50-40-10-4-1-7-36(40)37-8-2-5-11-41(37)50/h1-24,33H,25H2. The molecule has 8 aromatic rings. The van der Waals surface area contributed by atoms with Crippen LogP contribution in [0.5, 0.6) is 0 Å². The number of fused-ring (bicyclic) bond motifs is 6. The molecule has 1 atom stereocenters. The van der Waals surface area contributed by atoms with Crippen LogP contribution in [0.25, 0.3) is 66.1 Å². The zero-order valence-electron chi connectivity index (χ0n) is 26.9. The summed E-state index contributed by atoms with van der Waals surface area (Å²) in [5, 5.41) is 34.1. The van der Waals surface area contributed by atoms with Crippen LogP contribution in [0.4, 0.5) is 0 Å². The van der Waals surface area contributed by atoms with E-state index in [1.807, 2.05) is 54.6 Å². The minimum absolute atomic E-state index is 0.0588. The number of hydrogen-bond donors (Lipinski definition) is 0. The lowest BCUT2D eigenvalue weighted by atomic mass is 9.87. The van der Waals surface area contributed by atoms with E-state index in [0.717, 1.165) is 60.9 Å². The molecule has 0 aliphatic heterocycles. The monoisotopic (exact) mass is 637 g/mol. The molecule has 0 saturated heterocycles. The van der Waals surface area contributed by atoms with Crippen molar-refractivity contribution in [3.63, 3.8) is 0 Å². The van der Waals surface area contributed by atoms with Gasteiger partial charge in [-0.3, -0.25) is 0 Å². The van der Waals surface area contributed by atoms with Crippen LogP contribution in [-0.4, -0.2) is 9.13 Å². The fourth-order valence-corrected chi connectivity index (χ4v) is 7.69. The van der Waals surface area contributed by atoms with Gasteiger partial charge in [-0.2, -0.15) is 15.8 Å². The van der Waals surface area contributed by atoms with Gasteiger partial charge in [0.1, 0.15) is 6.07 Å². The van der Waals surface area contributed by atoms with Gasteiger partial charge in [-0.25, -0.2) is 0 Å². The molecule has 5 heteroatoms. The van der Waals surface area contributed by atoms with Gasteiger partial charge in [0, 0.05) is 38.7 Å². The second-order valence-electron chi connectivity index (χ2n) is 12.7. The Morgan fingerprint density at radius 1 is 0.520 bits per heavy atom. The molecule has 0 spiro atoms. The molecule has 0 N–H and O–H groups in total. The third-order valence-corrected chi connectivity index (χ3v) is 10.0. The van der Waals surface area contributed by atoms with Gasteiger partial charge >= 0.3 is 0 Å². The predicted octanol–water partition coefficient (Wildman–Crippen LogP) is 10.8. The lowest BCUT2D eigenvalue weighted by Crippen LogP contribution is -2.09. The maximum absolute atomic E-state index is 10.2. The zero-order valence-corrected chi connectivity index (χ0v) is 26.9. The van der Waals surface area contributed by atoms with E-state index in [-0.39, 0.29) is 5.92 Å². The second-order valence-corrected chi connectivity index (χ2v) is 12.7. The normalized spacial score (nSPS) is 14.3. The summed E-state index contributed by atoms with van der Waals surface area (Å²) in [5.41, 5.74) is 11.2. The van der Waals surface area contributed by atoms with E-state index in [4.69, 9.17) is 0 Å². The SMILES string of the molecule is N#CC1=C(n2c3ccccc3c3cc(C#N)ccc32)CC(c2ccc(-c3ccc(C#N)cc3-n3c4ccccc4c4ccccc43)cc2)C=C1. The summed E-state index contributed by atoms with van der Waals surface area (Å²) in [6.07, 6.45) is 4.72. The Labute approximate surface area is 288 Å². The second kappa shape index (κ2) is 11.5. The van der Waals surface area contributed by atoms with Crippen LogP contribution in [0.15, 0.2) is 151 Å². The molecule has 0 fully saturated rings. The van der Waals surface area contributed by atoms with Crippen molar-refractivity contribution in [2.24, 2.45) is 0 Å². The van der Waals surface area contributed by atoms with E-state index in [1.165, 1.54) is 10.8 Å². The Kier molecular flexibility index (Phi) is 6.70. The summed E-state index contributed by atoms with van der Waals surface area (Å²) in [6.45, 7) is 0. The first-order valence-electron chi connectivity index (χ1n) is 16.5. The van der Waals surface area contributed by atoms with Crippen LogP contribution < -0.4 is 0 Å². The molecule has 2 heterocycles. The first-order chi connectivity index (χ1) is 24.7. The minimum atomic E-state index is 0.0588. The molecule has 2 aromatic heterocycles. The molecule has 0 amide bonds. The van der Waals surface area contributed by atoms with Crippen LogP contribution in [0.1, 0.15) is 29.0 Å². The summed E-state index contributed by atoms with van der Waals surface area (Å²) in [4.78, 5) is 0. The molecule has 1 aliphatic carbocycles. The maximum atomic E-state index is 10.2. The third kappa shape index (κ3) is 4.45. The fourth-order valence-electron chi connectivity index (χ4n) is 7.69. The van der Waals surface area contributed by atoms with E-state index < -0.39 is 0 Å². The van der Waals surface area contributed by atoms with Crippen molar-refractivity contribution in [1.29, 1.82) is 15.8 Å². The number of allylic oxidation sites excluding steroid dienone is 4. The molecule has 232 valence electrons. The highest BCUT2D eigenvalue weighted by molar-refractivity contribution is 6.11. The average molecular weight is 638 g/mol. The van der Waals surface area contributed by atoms with Gasteiger partial charge in [0.15, 0.2) is 0 Å². The van der Waals surface area contributed by atoms with Crippen molar-refractivity contribution in [3.8, 4) is 35.0 Å². The highest BCUT2D eigenvalue weighted by Gasteiger charge is 2.24. The third-order valence-electron chi connectivity index (χ3n) is 10.0. The molecule has 0 saturated carbocycles. The number of para-hydroxylation sites is 3. The van der Waals surface area contributed by atoms with Crippen molar-refractivity contribution in [1.82, 2.24) is 9.13 Å². The first kappa shape index (κ1) is 29.0. The van der Waals surface area contributed by atoms with Crippen LogP contribution in [0.3, 0.4) is 0 Å². The highest BCUT2D eigenvalue weighted by Crippen LogP contribution is 2.41. The number of rotatable bonds is 4. The van der Waals surface area contributed by atoms with Gasteiger partial charge in [0.05, 0.1) is 56.6 Å². The van der Waals surface area contributed by atoms with Gasteiger partial charge in [0.25, 0.3) is 0 Å². The van der Waals surface area contributed by atoms with Crippen LogP contribution in [0.2, 0.25) is 0 Å². The van der Waals surface area contributed by atoms with Crippen molar-refractivity contribution in [2.45, 2.75) is 12.3 Å². The summed E-state index contributed by atoms with van der Waals surface area (Å²) in [5.74, 6) is 0.0588. The molecule has 0 radical (unpaired) electrons. The number of nitrogens with zero attached hydrogens (tertiary/aromatic N) is 5. The highest BCUT2D eigenvalue weighted by atomic mass is 15.0. The predicted molar refractivity (Wildman–Crippen MR) is 200 cm³/mol. The number of nitriles is 3. The Bertz CT molecular complexity index is 2820. The number of benzene rings is 6. The zero-order chi connectivity index (χ0) is 33.8. The maximum Gasteiger partial charge on any atom is 0.101 e. The van der Waals surface area contributed by atoms with Crippen molar-refractivity contribution < 1.29 is 0 Å². The summed E-state index contributed by atoms with van der Waals surface area (Å²) < 4.78 is 4.47. The van der Waals surface area contributed by atoms with E-state index in [2.05, 4.69) is 118 Å². The summed E-state index contributed by atoms with van der Waals surface area (Å²) >= 11 is 0. The molecule has 0 bridgehead atoms. The smallest absolute Gasteiger partial charge is 0.101 e. The number of aromatic nitrogens is 2. The largest absolute Gasteiger partial charge is 0.312 e. The minimum Gasteiger partial charge on any atom is -0.312 e. The molecular weight excluding hydrogens is 611 g/mol.